The lowest BCUT2D eigenvalue weighted by atomic mass is 9.83. The van der Waals surface area contributed by atoms with Gasteiger partial charge in [-0.3, -0.25) is 9.59 Å². The Morgan fingerprint density at radius 2 is 2.04 bits per heavy atom. The average Bonchev–Trinajstić information content (AvgIpc) is 2.56. The van der Waals surface area contributed by atoms with Crippen molar-refractivity contribution < 1.29 is 14.3 Å². The lowest BCUT2D eigenvalue weighted by Gasteiger charge is -2.31. The number of benzene rings is 1. The molecule has 0 aromatic heterocycles. The van der Waals surface area contributed by atoms with E-state index >= 15 is 0 Å². The van der Waals surface area contributed by atoms with Crippen molar-refractivity contribution in [2.75, 3.05) is 14.2 Å². The van der Waals surface area contributed by atoms with Gasteiger partial charge in [-0.2, -0.15) is 0 Å². The van der Waals surface area contributed by atoms with E-state index in [9.17, 15) is 9.59 Å². The predicted octanol–water partition coefficient (Wildman–Crippen LogP) is 2.31. The van der Waals surface area contributed by atoms with E-state index in [2.05, 4.69) is 10.6 Å². The maximum atomic E-state index is 12.4. The van der Waals surface area contributed by atoms with Gasteiger partial charge in [-0.05, 0) is 25.0 Å². The Kier molecular flexibility index (Phi) is 6.28. The third-order valence-corrected chi connectivity index (χ3v) is 4.68. The van der Waals surface area contributed by atoms with Gasteiger partial charge >= 0.3 is 0 Å². The van der Waals surface area contributed by atoms with Crippen molar-refractivity contribution in [3.8, 4) is 5.75 Å². The number of ether oxygens (including phenoxy) is 1. The van der Waals surface area contributed by atoms with Crippen LogP contribution in [-0.2, 0) is 16.0 Å². The highest BCUT2D eigenvalue weighted by molar-refractivity contribution is 6.31. The Bertz CT molecular complexity index is 577. The number of rotatable bonds is 5. The minimum Gasteiger partial charge on any atom is -0.496 e. The highest BCUT2D eigenvalue weighted by Crippen LogP contribution is 2.28. The van der Waals surface area contributed by atoms with Crippen molar-refractivity contribution >= 4 is 23.4 Å². The summed E-state index contributed by atoms with van der Waals surface area (Å²) in [4.78, 5) is 24.4. The molecule has 1 aliphatic rings. The molecule has 5 nitrogen and oxygen atoms in total. The second-order valence-electron chi connectivity index (χ2n) is 5.78. The normalized spacial score (nSPS) is 20.7. The molecule has 1 aliphatic carbocycles. The van der Waals surface area contributed by atoms with Gasteiger partial charge in [0.05, 0.1) is 19.4 Å². The monoisotopic (exact) mass is 338 g/mol. The second-order valence-corrected chi connectivity index (χ2v) is 6.18. The van der Waals surface area contributed by atoms with Crippen LogP contribution in [0.3, 0.4) is 0 Å². The number of carbonyl (C=O) groups excluding carboxylic acids is 2. The van der Waals surface area contributed by atoms with E-state index in [-0.39, 0.29) is 30.2 Å². The third kappa shape index (κ3) is 4.38. The molecular weight excluding hydrogens is 316 g/mol. The van der Waals surface area contributed by atoms with Crippen molar-refractivity contribution in [2.24, 2.45) is 5.92 Å². The second kappa shape index (κ2) is 8.20. The fourth-order valence-electron chi connectivity index (χ4n) is 3.12. The first-order valence-electron chi connectivity index (χ1n) is 7.89. The number of hydrogen-bond donors (Lipinski definition) is 2. The molecule has 2 atom stereocenters. The molecule has 0 bridgehead atoms. The van der Waals surface area contributed by atoms with E-state index in [1.807, 2.05) is 0 Å². The summed E-state index contributed by atoms with van der Waals surface area (Å²) in [6, 6.07) is 5.18. The van der Waals surface area contributed by atoms with Gasteiger partial charge < -0.3 is 15.4 Å². The summed E-state index contributed by atoms with van der Waals surface area (Å²) in [6.07, 6.45) is 3.81. The third-order valence-electron chi connectivity index (χ3n) is 4.33. The highest BCUT2D eigenvalue weighted by Gasteiger charge is 2.31. The molecule has 0 spiro atoms. The summed E-state index contributed by atoms with van der Waals surface area (Å²) in [5, 5.41) is 6.19. The summed E-state index contributed by atoms with van der Waals surface area (Å²) >= 11 is 6.17. The van der Waals surface area contributed by atoms with Gasteiger partial charge in [-0.1, -0.05) is 30.5 Å². The van der Waals surface area contributed by atoms with Gasteiger partial charge in [0.15, 0.2) is 0 Å². The molecule has 0 saturated heterocycles. The molecule has 0 radical (unpaired) electrons. The van der Waals surface area contributed by atoms with Crippen molar-refractivity contribution in [1.82, 2.24) is 10.6 Å². The topological polar surface area (TPSA) is 67.4 Å². The van der Waals surface area contributed by atoms with Gasteiger partial charge in [0.2, 0.25) is 11.8 Å². The maximum absolute atomic E-state index is 12.4. The van der Waals surface area contributed by atoms with Crippen LogP contribution >= 0.6 is 11.6 Å². The van der Waals surface area contributed by atoms with Gasteiger partial charge in [0.1, 0.15) is 5.75 Å². The van der Waals surface area contributed by atoms with Gasteiger partial charge in [0.25, 0.3) is 0 Å². The standard InChI is InChI=1S/C17H23ClN2O3/c1-19-17(22)11-6-3-4-8-14(11)20-16(21)10-12-13(18)7-5-9-15(12)23-2/h5,7,9,11,14H,3-4,6,8,10H2,1-2H3,(H,19,22)(H,20,21)/t11-,14-/m1/s1. The van der Waals surface area contributed by atoms with E-state index in [1.54, 1.807) is 32.4 Å². The molecule has 1 aromatic carbocycles. The molecular formula is C17H23ClN2O3. The quantitative estimate of drug-likeness (QED) is 0.865. The molecule has 6 heteroatoms. The van der Waals surface area contributed by atoms with Crippen LogP contribution in [0.15, 0.2) is 18.2 Å². The zero-order valence-electron chi connectivity index (χ0n) is 13.5. The summed E-state index contributed by atoms with van der Waals surface area (Å²) in [7, 11) is 3.18. The Hall–Kier alpha value is -1.75. The smallest absolute Gasteiger partial charge is 0.224 e. The number of methoxy groups -OCH3 is 1. The van der Waals surface area contributed by atoms with E-state index in [1.165, 1.54) is 0 Å². The average molecular weight is 339 g/mol. The van der Waals surface area contributed by atoms with Crippen molar-refractivity contribution in [3.05, 3.63) is 28.8 Å². The lowest BCUT2D eigenvalue weighted by molar-refractivity contribution is -0.127. The molecule has 1 aromatic rings. The van der Waals surface area contributed by atoms with Crippen LogP contribution in [0.1, 0.15) is 31.2 Å². The first-order valence-corrected chi connectivity index (χ1v) is 8.27. The van der Waals surface area contributed by atoms with E-state index in [0.717, 1.165) is 25.7 Å². The number of halogens is 1. The van der Waals surface area contributed by atoms with Crippen LogP contribution in [0, 0.1) is 5.92 Å². The summed E-state index contributed by atoms with van der Waals surface area (Å²) < 4.78 is 5.27. The molecule has 1 fully saturated rings. The van der Waals surface area contributed by atoms with E-state index in [4.69, 9.17) is 16.3 Å². The molecule has 2 amide bonds. The fraction of sp³-hybridized carbons (Fsp3) is 0.529. The van der Waals surface area contributed by atoms with Crippen LogP contribution in [0.2, 0.25) is 5.02 Å². The number of nitrogens with one attached hydrogen (secondary N) is 2. The zero-order valence-corrected chi connectivity index (χ0v) is 14.3. The van der Waals surface area contributed by atoms with Crippen LogP contribution in [0.4, 0.5) is 0 Å². The largest absolute Gasteiger partial charge is 0.496 e. The van der Waals surface area contributed by atoms with E-state index in [0.29, 0.717) is 16.3 Å². The Morgan fingerprint density at radius 3 is 2.74 bits per heavy atom. The van der Waals surface area contributed by atoms with Crippen molar-refractivity contribution in [2.45, 2.75) is 38.1 Å². The number of amides is 2. The molecule has 1 saturated carbocycles. The lowest BCUT2D eigenvalue weighted by Crippen LogP contribution is -2.48. The van der Waals surface area contributed by atoms with Crippen molar-refractivity contribution in [1.29, 1.82) is 0 Å². The first kappa shape index (κ1) is 17.6. The van der Waals surface area contributed by atoms with Crippen molar-refractivity contribution in [3.63, 3.8) is 0 Å². The van der Waals surface area contributed by atoms with Crippen LogP contribution in [0.5, 0.6) is 5.75 Å². The van der Waals surface area contributed by atoms with Crippen LogP contribution < -0.4 is 15.4 Å². The molecule has 23 heavy (non-hydrogen) atoms. The molecule has 126 valence electrons. The fourth-order valence-corrected chi connectivity index (χ4v) is 3.36. The molecule has 2 rings (SSSR count). The zero-order chi connectivity index (χ0) is 16.8. The Morgan fingerprint density at radius 1 is 1.30 bits per heavy atom. The molecule has 0 heterocycles. The minimum absolute atomic E-state index is 0.00896. The van der Waals surface area contributed by atoms with Gasteiger partial charge in [-0.15, -0.1) is 0 Å². The summed E-state index contributed by atoms with van der Waals surface area (Å²) in [5.41, 5.74) is 0.668. The van der Waals surface area contributed by atoms with Crippen LogP contribution in [-0.4, -0.2) is 32.0 Å². The first-order chi connectivity index (χ1) is 11.1. The Balaban J connectivity index is 2.05. The maximum Gasteiger partial charge on any atom is 0.224 e. The van der Waals surface area contributed by atoms with Gasteiger partial charge in [0, 0.05) is 23.7 Å². The Labute approximate surface area is 141 Å². The SMILES string of the molecule is CNC(=O)[C@@H]1CCCC[C@H]1NC(=O)Cc1c(Cl)cccc1OC. The van der Waals surface area contributed by atoms with E-state index < -0.39 is 0 Å². The number of carbonyl (C=O) groups is 2. The molecule has 0 unspecified atom stereocenters. The minimum atomic E-state index is -0.161. The number of hydrogen-bond acceptors (Lipinski definition) is 3. The molecule has 0 aliphatic heterocycles. The predicted molar refractivity (Wildman–Crippen MR) is 89.7 cm³/mol. The highest BCUT2D eigenvalue weighted by atomic mass is 35.5. The summed E-state index contributed by atoms with van der Waals surface area (Å²) in [5.74, 6) is 0.285. The molecule has 2 N–H and O–H groups in total. The van der Waals surface area contributed by atoms with Crippen LogP contribution in [0.25, 0.3) is 0 Å². The summed E-state index contributed by atoms with van der Waals surface area (Å²) in [6.45, 7) is 0. The van der Waals surface area contributed by atoms with Gasteiger partial charge in [-0.25, -0.2) is 0 Å².